The van der Waals surface area contributed by atoms with Crippen molar-refractivity contribution < 1.29 is 9.18 Å². The average molecular weight is 328 g/mol. The summed E-state index contributed by atoms with van der Waals surface area (Å²) in [6, 6.07) is 4.62. The highest BCUT2D eigenvalue weighted by atomic mass is 35.5. The zero-order chi connectivity index (χ0) is 15.1. The number of carbonyl (C=O) groups excluding carboxylic acids is 1. The van der Waals surface area contributed by atoms with Crippen LogP contribution in [0.4, 0.5) is 4.39 Å². The SMILES string of the molecule is O=C(CSCc1ccc(Cl)cc1F)NCC1=CCCCC1. The van der Waals surface area contributed by atoms with Crippen molar-refractivity contribution in [2.24, 2.45) is 0 Å². The highest BCUT2D eigenvalue weighted by molar-refractivity contribution is 7.99. The van der Waals surface area contributed by atoms with Gasteiger partial charge < -0.3 is 5.32 Å². The molecule has 0 atom stereocenters. The molecule has 0 radical (unpaired) electrons. The van der Waals surface area contributed by atoms with E-state index >= 15 is 0 Å². The number of benzene rings is 1. The summed E-state index contributed by atoms with van der Waals surface area (Å²) >= 11 is 7.11. The monoisotopic (exact) mass is 327 g/mol. The molecule has 0 unspecified atom stereocenters. The van der Waals surface area contributed by atoms with E-state index < -0.39 is 0 Å². The summed E-state index contributed by atoms with van der Waals surface area (Å²) in [5, 5.41) is 3.31. The van der Waals surface area contributed by atoms with Gasteiger partial charge in [0.1, 0.15) is 5.82 Å². The quantitative estimate of drug-likeness (QED) is 0.788. The van der Waals surface area contributed by atoms with Crippen molar-refractivity contribution in [3.63, 3.8) is 0 Å². The molecule has 1 amide bonds. The number of thioether (sulfide) groups is 1. The van der Waals surface area contributed by atoms with Gasteiger partial charge in [0.05, 0.1) is 5.75 Å². The second-order valence-electron chi connectivity index (χ2n) is 5.11. The van der Waals surface area contributed by atoms with E-state index in [-0.39, 0.29) is 11.7 Å². The van der Waals surface area contributed by atoms with E-state index in [0.29, 0.717) is 28.6 Å². The van der Waals surface area contributed by atoms with Crippen LogP contribution >= 0.6 is 23.4 Å². The maximum absolute atomic E-state index is 13.6. The molecule has 1 N–H and O–H groups in total. The lowest BCUT2D eigenvalue weighted by Gasteiger charge is -2.13. The van der Waals surface area contributed by atoms with Crippen molar-refractivity contribution in [2.75, 3.05) is 12.3 Å². The molecule has 0 spiro atoms. The minimum Gasteiger partial charge on any atom is -0.352 e. The Morgan fingerprint density at radius 2 is 2.24 bits per heavy atom. The topological polar surface area (TPSA) is 29.1 Å². The average Bonchev–Trinajstić information content (AvgIpc) is 2.48. The Hall–Kier alpha value is -1.00. The molecular weight excluding hydrogens is 309 g/mol. The van der Waals surface area contributed by atoms with Crippen molar-refractivity contribution in [1.82, 2.24) is 5.32 Å². The van der Waals surface area contributed by atoms with E-state index in [0.717, 1.165) is 12.8 Å². The molecular formula is C16H19ClFNOS. The molecule has 21 heavy (non-hydrogen) atoms. The first-order valence-electron chi connectivity index (χ1n) is 7.11. The Morgan fingerprint density at radius 1 is 1.38 bits per heavy atom. The van der Waals surface area contributed by atoms with E-state index in [9.17, 15) is 9.18 Å². The summed E-state index contributed by atoms with van der Waals surface area (Å²) in [6.07, 6.45) is 6.89. The summed E-state index contributed by atoms with van der Waals surface area (Å²) in [4.78, 5) is 11.7. The van der Waals surface area contributed by atoms with Crippen molar-refractivity contribution in [1.29, 1.82) is 0 Å². The molecule has 0 saturated heterocycles. The lowest BCUT2D eigenvalue weighted by molar-refractivity contribution is -0.118. The fraction of sp³-hybridized carbons (Fsp3) is 0.438. The minimum atomic E-state index is -0.317. The number of allylic oxidation sites excluding steroid dienone is 1. The van der Waals surface area contributed by atoms with Crippen LogP contribution in [0, 0.1) is 5.82 Å². The number of halogens is 2. The van der Waals surface area contributed by atoms with E-state index in [2.05, 4.69) is 11.4 Å². The number of hydrogen-bond acceptors (Lipinski definition) is 2. The van der Waals surface area contributed by atoms with E-state index in [4.69, 9.17) is 11.6 Å². The van der Waals surface area contributed by atoms with Gasteiger partial charge in [-0.05, 0) is 43.4 Å². The van der Waals surface area contributed by atoms with Gasteiger partial charge in [0.25, 0.3) is 0 Å². The normalized spacial score (nSPS) is 14.7. The standard InChI is InChI=1S/C16H19ClFNOS/c17-14-7-6-13(15(18)8-14)10-21-11-16(20)19-9-12-4-2-1-3-5-12/h4,6-8H,1-3,5,9-11H2,(H,19,20). The molecule has 0 aromatic heterocycles. The molecule has 1 aromatic rings. The molecule has 1 aliphatic rings. The van der Waals surface area contributed by atoms with Crippen molar-refractivity contribution in [3.05, 3.63) is 46.3 Å². The van der Waals surface area contributed by atoms with E-state index in [1.165, 1.54) is 36.2 Å². The first-order chi connectivity index (χ1) is 10.1. The fourth-order valence-electron chi connectivity index (χ4n) is 2.22. The molecule has 1 aliphatic carbocycles. The van der Waals surface area contributed by atoms with Gasteiger partial charge in [0.15, 0.2) is 0 Å². The highest BCUT2D eigenvalue weighted by Crippen LogP contribution is 2.19. The van der Waals surface area contributed by atoms with Gasteiger partial charge >= 0.3 is 0 Å². The lowest BCUT2D eigenvalue weighted by Crippen LogP contribution is -2.27. The zero-order valence-electron chi connectivity index (χ0n) is 11.8. The van der Waals surface area contributed by atoms with Crippen LogP contribution in [0.5, 0.6) is 0 Å². The molecule has 0 bridgehead atoms. The largest absolute Gasteiger partial charge is 0.352 e. The fourth-order valence-corrected chi connectivity index (χ4v) is 3.22. The van der Waals surface area contributed by atoms with Crippen LogP contribution in [0.15, 0.2) is 29.8 Å². The maximum Gasteiger partial charge on any atom is 0.230 e. The summed E-state index contributed by atoms with van der Waals surface area (Å²) < 4.78 is 13.6. The first kappa shape index (κ1) is 16.4. The van der Waals surface area contributed by atoms with Crippen LogP contribution in [-0.2, 0) is 10.5 Å². The van der Waals surface area contributed by atoms with Crippen LogP contribution in [0.25, 0.3) is 0 Å². The summed E-state index contributed by atoms with van der Waals surface area (Å²) in [7, 11) is 0. The molecule has 0 aliphatic heterocycles. The Labute approximate surface area is 134 Å². The molecule has 5 heteroatoms. The Morgan fingerprint density at radius 3 is 2.95 bits per heavy atom. The van der Waals surface area contributed by atoms with Gasteiger partial charge in [-0.25, -0.2) is 4.39 Å². The highest BCUT2D eigenvalue weighted by Gasteiger charge is 2.08. The van der Waals surface area contributed by atoms with Crippen LogP contribution in [0.2, 0.25) is 5.02 Å². The number of amides is 1. The second kappa shape index (κ2) is 8.44. The molecule has 2 rings (SSSR count). The van der Waals surface area contributed by atoms with Crippen LogP contribution in [-0.4, -0.2) is 18.2 Å². The smallest absolute Gasteiger partial charge is 0.230 e. The number of hydrogen-bond donors (Lipinski definition) is 1. The third-order valence-electron chi connectivity index (χ3n) is 3.40. The van der Waals surface area contributed by atoms with Crippen molar-refractivity contribution in [3.8, 4) is 0 Å². The summed E-state index contributed by atoms with van der Waals surface area (Å²) in [5.74, 6) is 0.498. The second-order valence-corrected chi connectivity index (χ2v) is 6.54. The summed E-state index contributed by atoms with van der Waals surface area (Å²) in [5.41, 5.74) is 1.90. The van der Waals surface area contributed by atoms with Gasteiger partial charge in [-0.1, -0.05) is 29.3 Å². The van der Waals surface area contributed by atoms with Crippen LogP contribution < -0.4 is 5.32 Å². The number of carbonyl (C=O) groups is 1. The molecule has 1 aromatic carbocycles. The maximum atomic E-state index is 13.6. The third-order valence-corrected chi connectivity index (χ3v) is 4.62. The molecule has 2 nitrogen and oxygen atoms in total. The summed E-state index contributed by atoms with van der Waals surface area (Å²) in [6.45, 7) is 0.648. The van der Waals surface area contributed by atoms with Gasteiger partial charge in [0.2, 0.25) is 5.91 Å². The first-order valence-corrected chi connectivity index (χ1v) is 8.64. The van der Waals surface area contributed by atoms with Crippen molar-refractivity contribution in [2.45, 2.75) is 31.4 Å². The predicted octanol–water partition coefficient (Wildman–Crippen LogP) is 4.33. The molecule has 114 valence electrons. The van der Waals surface area contributed by atoms with Gasteiger partial charge in [-0.15, -0.1) is 11.8 Å². The van der Waals surface area contributed by atoms with E-state index in [1.807, 2.05) is 0 Å². The van der Waals surface area contributed by atoms with Gasteiger partial charge in [-0.2, -0.15) is 0 Å². The lowest BCUT2D eigenvalue weighted by atomic mass is 10.00. The van der Waals surface area contributed by atoms with E-state index in [1.54, 1.807) is 12.1 Å². The van der Waals surface area contributed by atoms with Crippen LogP contribution in [0.1, 0.15) is 31.2 Å². The number of nitrogens with one attached hydrogen (secondary N) is 1. The zero-order valence-corrected chi connectivity index (χ0v) is 13.4. The van der Waals surface area contributed by atoms with Gasteiger partial charge in [0, 0.05) is 17.3 Å². The predicted molar refractivity (Wildman–Crippen MR) is 87.1 cm³/mol. The minimum absolute atomic E-state index is 0.000783. The number of rotatable bonds is 6. The van der Waals surface area contributed by atoms with Crippen LogP contribution in [0.3, 0.4) is 0 Å². The third kappa shape index (κ3) is 5.71. The molecule has 0 heterocycles. The molecule has 0 saturated carbocycles. The Kier molecular flexibility index (Phi) is 6.58. The van der Waals surface area contributed by atoms with Crippen molar-refractivity contribution >= 4 is 29.3 Å². The van der Waals surface area contributed by atoms with Gasteiger partial charge in [-0.3, -0.25) is 4.79 Å². The Balaban J connectivity index is 1.68. The Bertz CT molecular complexity index is 533. The molecule has 0 fully saturated rings.